The summed E-state index contributed by atoms with van der Waals surface area (Å²) in [6, 6.07) is 0. The quantitative estimate of drug-likeness (QED) is 0.583. The molecule has 100 valence electrons. The normalized spacial score (nSPS) is 19.6. The van der Waals surface area contributed by atoms with Crippen LogP contribution in [0.15, 0.2) is 4.99 Å². The predicted molar refractivity (Wildman–Crippen MR) is 74.2 cm³/mol. The summed E-state index contributed by atoms with van der Waals surface area (Å²) in [7, 11) is 0. The monoisotopic (exact) mass is 240 g/mol. The van der Waals surface area contributed by atoms with Gasteiger partial charge in [0.15, 0.2) is 5.96 Å². The molecule has 1 aliphatic rings. The maximum atomic E-state index is 5.93. The van der Waals surface area contributed by atoms with Crippen molar-refractivity contribution in [3.63, 3.8) is 0 Å². The van der Waals surface area contributed by atoms with Gasteiger partial charge in [0.2, 0.25) is 0 Å². The van der Waals surface area contributed by atoms with E-state index in [4.69, 9.17) is 5.73 Å². The zero-order valence-electron chi connectivity index (χ0n) is 11.7. The van der Waals surface area contributed by atoms with Crippen molar-refractivity contribution < 1.29 is 0 Å². The van der Waals surface area contributed by atoms with E-state index in [-0.39, 0.29) is 0 Å². The zero-order chi connectivity index (χ0) is 12.7. The Balaban J connectivity index is 2.24. The van der Waals surface area contributed by atoms with Gasteiger partial charge in [-0.05, 0) is 45.7 Å². The molecular weight excluding hydrogens is 212 g/mol. The number of guanidine groups is 1. The highest BCUT2D eigenvalue weighted by Gasteiger charge is 2.14. The van der Waals surface area contributed by atoms with E-state index < -0.39 is 0 Å². The molecule has 0 aromatic heterocycles. The maximum Gasteiger partial charge on any atom is 0.191 e. The third kappa shape index (κ3) is 4.94. The van der Waals surface area contributed by atoms with Gasteiger partial charge in [-0.2, -0.15) is 0 Å². The van der Waals surface area contributed by atoms with Crippen molar-refractivity contribution >= 4 is 5.96 Å². The summed E-state index contributed by atoms with van der Waals surface area (Å²) in [6.45, 7) is 12.8. The number of hydrogen-bond donors (Lipinski definition) is 1. The summed E-state index contributed by atoms with van der Waals surface area (Å²) < 4.78 is 0. The first-order valence-electron chi connectivity index (χ1n) is 6.94. The SMILES string of the molecule is CCN(CC)C(N)=NCCN1CCC(C)CC1. The highest BCUT2D eigenvalue weighted by Crippen LogP contribution is 2.15. The topological polar surface area (TPSA) is 44.9 Å². The van der Waals surface area contributed by atoms with Gasteiger partial charge in [0.25, 0.3) is 0 Å². The molecule has 2 N–H and O–H groups in total. The number of hydrogen-bond acceptors (Lipinski definition) is 2. The van der Waals surface area contributed by atoms with Crippen LogP contribution in [-0.4, -0.2) is 55.0 Å². The molecule has 0 aliphatic carbocycles. The predicted octanol–water partition coefficient (Wildman–Crippen LogP) is 1.37. The molecular formula is C13H28N4. The van der Waals surface area contributed by atoms with Gasteiger partial charge in [-0.25, -0.2) is 0 Å². The minimum atomic E-state index is 0.695. The lowest BCUT2D eigenvalue weighted by Gasteiger charge is -2.29. The summed E-state index contributed by atoms with van der Waals surface area (Å²) in [5.41, 5.74) is 5.93. The molecule has 0 saturated carbocycles. The molecule has 4 heteroatoms. The molecule has 0 radical (unpaired) electrons. The third-order valence-electron chi connectivity index (χ3n) is 3.65. The van der Waals surface area contributed by atoms with Crippen LogP contribution in [0.4, 0.5) is 0 Å². The summed E-state index contributed by atoms with van der Waals surface area (Å²) in [5.74, 6) is 1.59. The Morgan fingerprint density at radius 3 is 2.41 bits per heavy atom. The van der Waals surface area contributed by atoms with E-state index in [2.05, 4.69) is 35.6 Å². The largest absolute Gasteiger partial charge is 0.370 e. The van der Waals surface area contributed by atoms with E-state index in [0.717, 1.165) is 32.1 Å². The lowest BCUT2D eigenvalue weighted by atomic mass is 9.99. The highest BCUT2D eigenvalue weighted by atomic mass is 15.2. The van der Waals surface area contributed by atoms with Crippen LogP contribution in [0.2, 0.25) is 0 Å². The Morgan fingerprint density at radius 1 is 1.29 bits per heavy atom. The van der Waals surface area contributed by atoms with Crippen LogP contribution >= 0.6 is 0 Å². The maximum absolute atomic E-state index is 5.93. The lowest BCUT2D eigenvalue weighted by Crippen LogP contribution is -2.38. The van der Waals surface area contributed by atoms with Crippen molar-refractivity contribution in [3.05, 3.63) is 0 Å². The summed E-state index contributed by atoms with van der Waals surface area (Å²) in [6.07, 6.45) is 2.66. The van der Waals surface area contributed by atoms with E-state index in [0.29, 0.717) is 5.96 Å². The van der Waals surface area contributed by atoms with Crippen LogP contribution in [0.5, 0.6) is 0 Å². The Bertz CT molecular complexity index is 228. The molecule has 0 bridgehead atoms. The standard InChI is InChI=1S/C13H28N4/c1-4-17(5-2)13(14)15-8-11-16-9-6-12(3)7-10-16/h12H,4-11H2,1-3H3,(H2,14,15). The van der Waals surface area contributed by atoms with Gasteiger partial charge in [-0.1, -0.05) is 6.92 Å². The van der Waals surface area contributed by atoms with Gasteiger partial charge in [0, 0.05) is 19.6 Å². The van der Waals surface area contributed by atoms with Crippen LogP contribution in [0, 0.1) is 5.92 Å². The van der Waals surface area contributed by atoms with Gasteiger partial charge in [0.05, 0.1) is 6.54 Å². The first-order valence-corrected chi connectivity index (χ1v) is 6.94. The Hall–Kier alpha value is -0.770. The van der Waals surface area contributed by atoms with E-state index in [1.807, 2.05) is 0 Å². The summed E-state index contributed by atoms with van der Waals surface area (Å²) in [4.78, 5) is 9.05. The second kappa shape index (κ2) is 7.54. The molecule has 1 rings (SSSR count). The average Bonchev–Trinajstić information content (AvgIpc) is 2.33. The van der Waals surface area contributed by atoms with Crippen molar-refractivity contribution in [2.45, 2.75) is 33.6 Å². The lowest BCUT2D eigenvalue weighted by molar-refractivity contribution is 0.197. The van der Waals surface area contributed by atoms with Gasteiger partial charge in [-0.15, -0.1) is 0 Å². The van der Waals surface area contributed by atoms with Gasteiger partial charge >= 0.3 is 0 Å². The van der Waals surface area contributed by atoms with Crippen molar-refractivity contribution in [3.8, 4) is 0 Å². The van der Waals surface area contributed by atoms with Crippen LogP contribution in [-0.2, 0) is 0 Å². The number of likely N-dealkylation sites (tertiary alicyclic amines) is 1. The average molecular weight is 240 g/mol. The molecule has 1 saturated heterocycles. The fourth-order valence-electron chi connectivity index (χ4n) is 2.24. The number of piperidine rings is 1. The minimum absolute atomic E-state index is 0.695. The minimum Gasteiger partial charge on any atom is -0.370 e. The Kier molecular flexibility index (Phi) is 6.34. The summed E-state index contributed by atoms with van der Waals surface area (Å²) >= 11 is 0. The van der Waals surface area contributed by atoms with E-state index in [1.165, 1.54) is 25.9 Å². The van der Waals surface area contributed by atoms with Crippen molar-refractivity contribution in [2.75, 3.05) is 39.3 Å². The van der Waals surface area contributed by atoms with Crippen molar-refractivity contribution in [1.29, 1.82) is 0 Å². The first-order chi connectivity index (χ1) is 8.17. The third-order valence-corrected chi connectivity index (χ3v) is 3.65. The van der Waals surface area contributed by atoms with Crippen molar-refractivity contribution in [2.24, 2.45) is 16.6 Å². The van der Waals surface area contributed by atoms with Gasteiger partial charge < -0.3 is 15.5 Å². The second-order valence-electron chi connectivity index (χ2n) is 4.94. The molecule has 1 aliphatic heterocycles. The van der Waals surface area contributed by atoms with Crippen molar-refractivity contribution in [1.82, 2.24) is 9.80 Å². The molecule has 0 spiro atoms. The molecule has 0 atom stereocenters. The van der Waals surface area contributed by atoms with Gasteiger partial charge in [-0.3, -0.25) is 4.99 Å². The summed E-state index contributed by atoms with van der Waals surface area (Å²) in [5, 5.41) is 0. The fourth-order valence-corrected chi connectivity index (χ4v) is 2.24. The molecule has 0 aromatic carbocycles. The fraction of sp³-hybridized carbons (Fsp3) is 0.923. The molecule has 0 unspecified atom stereocenters. The van der Waals surface area contributed by atoms with Crippen LogP contribution in [0.1, 0.15) is 33.6 Å². The van der Waals surface area contributed by atoms with Crippen LogP contribution < -0.4 is 5.73 Å². The van der Waals surface area contributed by atoms with Crippen LogP contribution in [0.3, 0.4) is 0 Å². The number of nitrogens with zero attached hydrogens (tertiary/aromatic N) is 3. The molecule has 4 nitrogen and oxygen atoms in total. The van der Waals surface area contributed by atoms with Crippen LogP contribution in [0.25, 0.3) is 0 Å². The second-order valence-corrected chi connectivity index (χ2v) is 4.94. The Labute approximate surface area is 106 Å². The van der Waals surface area contributed by atoms with Gasteiger partial charge in [0.1, 0.15) is 0 Å². The number of aliphatic imine (C=N–C) groups is 1. The molecule has 1 heterocycles. The van der Waals surface area contributed by atoms with E-state index in [9.17, 15) is 0 Å². The van der Waals surface area contributed by atoms with E-state index in [1.54, 1.807) is 0 Å². The van der Waals surface area contributed by atoms with E-state index >= 15 is 0 Å². The highest BCUT2D eigenvalue weighted by molar-refractivity contribution is 5.77. The first kappa shape index (κ1) is 14.3. The molecule has 17 heavy (non-hydrogen) atoms. The number of nitrogens with two attached hydrogens (primary N) is 1. The number of rotatable bonds is 5. The smallest absolute Gasteiger partial charge is 0.191 e. The Morgan fingerprint density at radius 2 is 1.88 bits per heavy atom. The zero-order valence-corrected chi connectivity index (χ0v) is 11.7. The molecule has 0 amide bonds. The molecule has 0 aromatic rings. The molecule has 1 fully saturated rings.